The molecule has 0 radical (unpaired) electrons. The Morgan fingerprint density at radius 2 is 1.63 bits per heavy atom. The van der Waals surface area contributed by atoms with E-state index in [0.29, 0.717) is 33.0 Å². The summed E-state index contributed by atoms with van der Waals surface area (Å²) in [5.74, 6) is 0.865. The Balaban J connectivity index is 1.35. The van der Waals surface area contributed by atoms with Crippen molar-refractivity contribution in [1.29, 1.82) is 0 Å². The number of thioether (sulfide) groups is 1. The van der Waals surface area contributed by atoms with Gasteiger partial charge < -0.3 is 14.8 Å². The summed E-state index contributed by atoms with van der Waals surface area (Å²) < 4.78 is 12.4. The number of halogens is 1. The molecular formula is C26H21BrN2O4S2. The van der Waals surface area contributed by atoms with Gasteiger partial charge in [-0.15, -0.1) is 0 Å². The van der Waals surface area contributed by atoms with Gasteiger partial charge in [-0.3, -0.25) is 14.5 Å². The summed E-state index contributed by atoms with van der Waals surface area (Å²) in [6.45, 7) is 2.38. The quantitative estimate of drug-likeness (QED) is 0.255. The summed E-state index contributed by atoms with van der Waals surface area (Å²) in [7, 11) is 0. The standard InChI is InChI=1S/C26H21BrN2O4S2/c1-2-32-21-13-9-20(10-14-21)29-25(31)23(35-26(29)34)15-17-3-11-22(12-4-17)33-16-24(30)28-19-7-5-18(27)6-8-19/h3-15H,2,16H2,1H3,(H,28,30)/b23-15-. The van der Waals surface area contributed by atoms with Crippen molar-refractivity contribution in [2.45, 2.75) is 6.92 Å². The number of carbonyl (C=O) groups is 2. The number of carbonyl (C=O) groups excluding carboxylic acids is 2. The molecule has 1 aliphatic heterocycles. The molecule has 0 aromatic heterocycles. The first kappa shape index (κ1) is 25.0. The lowest BCUT2D eigenvalue weighted by molar-refractivity contribution is -0.118. The van der Waals surface area contributed by atoms with Crippen molar-refractivity contribution in [3.8, 4) is 11.5 Å². The number of benzene rings is 3. The average Bonchev–Trinajstić information content (AvgIpc) is 3.13. The Morgan fingerprint density at radius 3 is 2.29 bits per heavy atom. The Hall–Kier alpha value is -3.14. The lowest BCUT2D eigenvalue weighted by Gasteiger charge is -2.15. The van der Waals surface area contributed by atoms with E-state index >= 15 is 0 Å². The van der Waals surface area contributed by atoms with Crippen LogP contribution in [0.5, 0.6) is 11.5 Å². The highest BCUT2D eigenvalue weighted by atomic mass is 79.9. The molecule has 2 amide bonds. The molecule has 0 saturated carbocycles. The molecule has 4 rings (SSSR count). The summed E-state index contributed by atoms with van der Waals surface area (Å²) in [5, 5.41) is 2.78. The summed E-state index contributed by atoms with van der Waals surface area (Å²) in [6.07, 6.45) is 1.79. The van der Waals surface area contributed by atoms with E-state index in [2.05, 4.69) is 21.2 Å². The number of anilines is 2. The lowest BCUT2D eigenvalue weighted by Crippen LogP contribution is -2.27. The van der Waals surface area contributed by atoms with Gasteiger partial charge in [0.1, 0.15) is 11.5 Å². The van der Waals surface area contributed by atoms with Crippen LogP contribution < -0.4 is 19.7 Å². The second-order valence-electron chi connectivity index (χ2n) is 7.36. The molecule has 1 saturated heterocycles. The molecule has 1 heterocycles. The maximum absolute atomic E-state index is 13.0. The van der Waals surface area contributed by atoms with Crippen molar-refractivity contribution in [2.75, 3.05) is 23.4 Å². The Morgan fingerprint density at radius 1 is 1.00 bits per heavy atom. The van der Waals surface area contributed by atoms with Crippen LogP contribution in [0.4, 0.5) is 11.4 Å². The van der Waals surface area contributed by atoms with Crippen LogP contribution in [0, 0.1) is 0 Å². The summed E-state index contributed by atoms with van der Waals surface area (Å²) in [6, 6.07) is 21.7. The topological polar surface area (TPSA) is 67.9 Å². The zero-order valence-corrected chi connectivity index (χ0v) is 21.9. The molecule has 3 aromatic carbocycles. The molecule has 35 heavy (non-hydrogen) atoms. The van der Waals surface area contributed by atoms with Crippen molar-refractivity contribution >= 4 is 73.5 Å². The van der Waals surface area contributed by atoms with Gasteiger partial charge in [0.05, 0.1) is 17.2 Å². The fourth-order valence-electron chi connectivity index (χ4n) is 3.24. The Labute approximate surface area is 221 Å². The second kappa shape index (κ2) is 11.5. The number of thiocarbonyl (C=S) groups is 1. The van der Waals surface area contributed by atoms with Crippen molar-refractivity contribution in [2.24, 2.45) is 0 Å². The van der Waals surface area contributed by atoms with Crippen LogP contribution in [-0.4, -0.2) is 29.3 Å². The van der Waals surface area contributed by atoms with E-state index in [-0.39, 0.29) is 18.4 Å². The third-order valence-electron chi connectivity index (χ3n) is 4.88. The van der Waals surface area contributed by atoms with Gasteiger partial charge in [-0.1, -0.05) is 52.0 Å². The molecule has 0 aliphatic carbocycles. The van der Waals surface area contributed by atoms with E-state index in [1.54, 1.807) is 30.3 Å². The minimum Gasteiger partial charge on any atom is -0.494 e. The molecule has 1 fully saturated rings. The zero-order valence-electron chi connectivity index (χ0n) is 18.7. The number of hydrogen-bond acceptors (Lipinski definition) is 6. The van der Waals surface area contributed by atoms with Crippen molar-refractivity contribution in [3.05, 3.63) is 87.7 Å². The highest BCUT2D eigenvalue weighted by molar-refractivity contribution is 9.10. The minimum atomic E-state index is -0.255. The van der Waals surface area contributed by atoms with Crippen LogP contribution in [0.3, 0.4) is 0 Å². The van der Waals surface area contributed by atoms with Gasteiger partial charge in [0.2, 0.25) is 0 Å². The fraction of sp³-hybridized carbons (Fsp3) is 0.115. The number of nitrogens with zero attached hydrogens (tertiary/aromatic N) is 1. The van der Waals surface area contributed by atoms with E-state index in [1.807, 2.05) is 55.5 Å². The Bertz CT molecular complexity index is 1260. The fourth-order valence-corrected chi connectivity index (χ4v) is 4.80. The number of rotatable bonds is 8. The summed E-state index contributed by atoms with van der Waals surface area (Å²) >= 11 is 10.1. The number of ether oxygens (including phenoxy) is 2. The number of nitrogens with one attached hydrogen (secondary N) is 1. The first-order chi connectivity index (χ1) is 16.9. The highest BCUT2D eigenvalue weighted by Crippen LogP contribution is 2.36. The largest absolute Gasteiger partial charge is 0.494 e. The molecule has 3 aromatic rings. The molecule has 178 valence electrons. The average molecular weight is 570 g/mol. The second-order valence-corrected chi connectivity index (χ2v) is 9.95. The zero-order chi connectivity index (χ0) is 24.8. The normalized spacial score (nSPS) is 14.3. The van der Waals surface area contributed by atoms with Gasteiger partial charge in [-0.25, -0.2) is 0 Å². The molecule has 1 aliphatic rings. The maximum Gasteiger partial charge on any atom is 0.270 e. The molecule has 0 atom stereocenters. The molecule has 0 spiro atoms. The summed E-state index contributed by atoms with van der Waals surface area (Å²) in [4.78, 5) is 27.2. The highest BCUT2D eigenvalue weighted by Gasteiger charge is 2.33. The van der Waals surface area contributed by atoms with Gasteiger partial charge in [-0.2, -0.15) is 0 Å². The first-order valence-electron chi connectivity index (χ1n) is 10.7. The molecular weight excluding hydrogens is 548 g/mol. The van der Waals surface area contributed by atoms with Gasteiger partial charge in [0.25, 0.3) is 11.8 Å². The number of amides is 2. The first-order valence-corrected chi connectivity index (χ1v) is 12.7. The van der Waals surface area contributed by atoms with Crippen LogP contribution >= 0.6 is 39.9 Å². The third kappa shape index (κ3) is 6.50. The monoisotopic (exact) mass is 568 g/mol. The van der Waals surface area contributed by atoms with E-state index in [1.165, 1.54) is 16.7 Å². The molecule has 9 heteroatoms. The predicted octanol–water partition coefficient (Wildman–Crippen LogP) is 6.27. The lowest BCUT2D eigenvalue weighted by atomic mass is 10.2. The van der Waals surface area contributed by atoms with Gasteiger partial charge >= 0.3 is 0 Å². The molecule has 0 bridgehead atoms. The minimum absolute atomic E-state index is 0.115. The van der Waals surface area contributed by atoms with Crippen LogP contribution in [0.2, 0.25) is 0 Å². The van der Waals surface area contributed by atoms with Gasteiger partial charge in [-0.05, 0) is 79.2 Å². The van der Waals surface area contributed by atoms with Crippen molar-refractivity contribution in [3.63, 3.8) is 0 Å². The number of hydrogen-bond donors (Lipinski definition) is 1. The maximum atomic E-state index is 13.0. The molecule has 6 nitrogen and oxygen atoms in total. The van der Waals surface area contributed by atoms with Gasteiger partial charge in [0, 0.05) is 10.2 Å². The Kier molecular flexibility index (Phi) is 8.22. The predicted molar refractivity (Wildman–Crippen MR) is 148 cm³/mol. The van der Waals surface area contributed by atoms with E-state index in [0.717, 1.165) is 15.8 Å². The van der Waals surface area contributed by atoms with Crippen molar-refractivity contribution in [1.82, 2.24) is 0 Å². The van der Waals surface area contributed by atoms with Crippen LogP contribution in [0.15, 0.2) is 82.2 Å². The van der Waals surface area contributed by atoms with E-state index in [4.69, 9.17) is 21.7 Å². The third-order valence-corrected chi connectivity index (χ3v) is 6.71. The van der Waals surface area contributed by atoms with Crippen LogP contribution in [-0.2, 0) is 9.59 Å². The van der Waals surface area contributed by atoms with Gasteiger partial charge in [0.15, 0.2) is 10.9 Å². The molecule has 0 unspecified atom stereocenters. The van der Waals surface area contributed by atoms with Crippen LogP contribution in [0.1, 0.15) is 12.5 Å². The SMILES string of the molecule is CCOc1ccc(N2C(=O)/C(=C/c3ccc(OCC(=O)Nc4ccc(Br)cc4)cc3)SC2=S)cc1. The van der Waals surface area contributed by atoms with E-state index < -0.39 is 0 Å². The van der Waals surface area contributed by atoms with E-state index in [9.17, 15) is 9.59 Å². The van der Waals surface area contributed by atoms with Crippen LogP contribution in [0.25, 0.3) is 6.08 Å². The van der Waals surface area contributed by atoms with Crippen molar-refractivity contribution < 1.29 is 19.1 Å². The summed E-state index contributed by atoms with van der Waals surface area (Å²) in [5.41, 5.74) is 2.22. The smallest absolute Gasteiger partial charge is 0.270 e. The molecule has 1 N–H and O–H groups in total.